The van der Waals surface area contributed by atoms with E-state index >= 15 is 0 Å². The third-order valence-electron chi connectivity index (χ3n) is 2.54. The molecule has 0 aliphatic rings. The van der Waals surface area contributed by atoms with Crippen LogP contribution in [0.3, 0.4) is 0 Å². The van der Waals surface area contributed by atoms with Gasteiger partial charge < -0.3 is 13.9 Å². The average Bonchev–Trinajstić information content (AvgIpc) is 2.39. The highest BCUT2D eigenvalue weighted by Crippen LogP contribution is 2.32. The summed E-state index contributed by atoms with van der Waals surface area (Å²) < 4.78 is 15.7. The Morgan fingerprint density at radius 1 is 1.30 bits per heavy atom. The first kappa shape index (κ1) is 13.9. The summed E-state index contributed by atoms with van der Waals surface area (Å²) in [5.41, 5.74) is 0.117. The lowest BCUT2D eigenvalue weighted by molar-refractivity contribution is -0.130. The van der Waals surface area contributed by atoms with Crippen molar-refractivity contribution in [1.29, 1.82) is 0 Å². The van der Waals surface area contributed by atoms with E-state index in [9.17, 15) is 9.59 Å². The van der Waals surface area contributed by atoms with E-state index in [1.807, 2.05) is 6.92 Å². The predicted molar refractivity (Wildman–Crippen MR) is 74.1 cm³/mol. The van der Waals surface area contributed by atoms with Gasteiger partial charge in [0.15, 0.2) is 11.5 Å². The first-order valence-electron chi connectivity index (χ1n) is 6.09. The Balaban J connectivity index is 2.53. The van der Waals surface area contributed by atoms with Crippen LogP contribution in [-0.4, -0.2) is 12.6 Å². The summed E-state index contributed by atoms with van der Waals surface area (Å²) in [6.45, 7) is 7.30. The molecule has 0 saturated carbocycles. The predicted octanol–water partition coefficient (Wildman–Crippen LogP) is 2.67. The second-order valence-electron chi connectivity index (χ2n) is 4.19. The Bertz CT molecular complexity index is 727. The van der Waals surface area contributed by atoms with Crippen LogP contribution in [0.5, 0.6) is 11.5 Å². The third-order valence-corrected chi connectivity index (χ3v) is 2.54. The van der Waals surface area contributed by atoms with E-state index in [4.69, 9.17) is 13.9 Å². The number of carbonyl (C=O) groups is 1. The smallest absolute Gasteiger partial charge is 0.338 e. The van der Waals surface area contributed by atoms with Gasteiger partial charge in [-0.2, -0.15) is 0 Å². The molecule has 1 heterocycles. The molecule has 104 valence electrons. The van der Waals surface area contributed by atoms with Crippen LogP contribution in [0.4, 0.5) is 0 Å². The summed E-state index contributed by atoms with van der Waals surface area (Å²) in [6.07, 6.45) is 0. The van der Waals surface area contributed by atoms with Crippen LogP contribution >= 0.6 is 0 Å². The molecule has 0 N–H and O–H groups in total. The third kappa shape index (κ3) is 2.88. The van der Waals surface area contributed by atoms with Crippen LogP contribution in [0.25, 0.3) is 11.0 Å². The first-order valence-corrected chi connectivity index (χ1v) is 6.09. The Morgan fingerprint density at radius 3 is 2.70 bits per heavy atom. The standard InChI is InChI=1S/C15H14O5/c1-4-18-12-7-10-5-6-14(16)19-11(10)8-13(12)20-15(17)9(2)3/h5-8H,2,4H2,1,3H3. The fourth-order valence-electron chi connectivity index (χ4n) is 1.61. The molecular formula is C15H14O5. The molecule has 0 radical (unpaired) electrons. The van der Waals surface area contributed by atoms with Crippen LogP contribution in [0.1, 0.15) is 13.8 Å². The van der Waals surface area contributed by atoms with Gasteiger partial charge in [0.05, 0.1) is 6.61 Å². The van der Waals surface area contributed by atoms with E-state index in [-0.39, 0.29) is 11.3 Å². The summed E-state index contributed by atoms with van der Waals surface area (Å²) in [5, 5.41) is 0.683. The summed E-state index contributed by atoms with van der Waals surface area (Å²) in [4.78, 5) is 22.8. The van der Waals surface area contributed by atoms with Crippen LogP contribution < -0.4 is 15.1 Å². The number of hydrogen-bond donors (Lipinski definition) is 0. The maximum absolute atomic E-state index is 11.6. The lowest BCUT2D eigenvalue weighted by Gasteiger charge is -2.11. The Labute approximate surface area is 115 Å². The fraction of sp³-hybridized carbons (Fsp3) is 0.200. The van der Waals surface area contributed by atoms with Crippen molar-refractivity contribution in [3.05, 3.63) is 46.8 Å². The minimum atomic E-state index is -0.566. The van der Waals surface area contributed by atoms with Gasteiger partial charge in [0.25, 0.3) is 0 Å². The summed E-state index contributed by atoms with van der Waals surface area (Å²) in [5.74, 6) is 0.0359. The van der Waals surface area contributed by atoms with Crippen molar-refractivity contribution in [2.45, 2.75) is 13.8 Å². The second-order valence-corrected chi connectivity index (χ2v) is 4.19. The largest absolute Gasteiger partial charge is 0.490 e. The van der Waals surface area contributed by atoms with E-state index in [0.29, 0.717) is 23.3 Å². The Kier molecular flexibility index (Phi) is 3.89. The van der Waals surface area contributed by atoms with Crippen LogP contribution in [0, 0.1) is 0 Å². The number of fused-ring (bicyclic) bond motifs is 1. The molecule has 0 atom stereocenters. The lowest BCUT2D eigenvalue weighted by atomic mass is 10.2. The molecule has 0 fully saturated rings. The average molecular weight is 274 g/mol. The van der Waals surface area contributed by atoms with E-state index in [1.54, 1.807) is 19.1 Å². The van der Waals surface area contributed by atoms with Crippen molar-refractivity contribution in [1.82, 2.24) is 0 Å². The van der Waals surface area contributed by atoms with Crippen molar-refractivity contribution in [2.75, 3.05) is 6.61 Å². The summed E-state index contributed by atoms with van der Waals surface area (Å²) in [7, 11) is 0. The minimum Gasteiger partial charge on any atom is -0.490 e. The zero-order chi connectivity index (χ0) is 14.7. The van der Waals surface area contributed by atoms with Gasteiger partial charge in [-0.3, -0.25) is 0 Å². The Morgan fingerprint density at radius 2 is 2.05 bits per heavy atom. The Hall–Kier alpha value is -2.56. The molecule has 1 aromatic heterocycles. The van der Waals surface area contributed by atoms with Crippen molar-refractivity contribution >= 4 is 16.9 Å². The maximum atomic E-state index is 11.6. The SMILES string of the molecule is C=C(C)C(=O)Oc1cc2oc(=O)ccc2cc1OCC. The summed E-state index contributed by atoms with van der Waals surface area (Å²) in [6, 6.07) is 6.05. The minimum absolute atomic E-state index is 0.196. The first-order chi connectivity index (χ1) is 9.51. The van der Waals surface area contributed by atoms with Crippen molar-refractivity contribution in [3.63, 3.8) is 0 Å². The number of hydrogen-bond acceptors (Lipinski definition) is 5. The van der Waals surface area contributed by atoms with Crippen LogP contribution in [0.2, 0.25) is 0 Å². The molecule has 2 aromatic rings. The monoisotopic (exact) mass is 274 g/mol. The van der Waals surface area contributed by atoms with Gasteiger partial charge in [-0.15, -0.1) is 0 Å². The molecule has 5 heteroatoms. The molecular weight excluding hydrogens is 260 g/mol. The molecule has 2 rings (SSSR count). The molecule has 0 bridgehead atoms. The highest BCUT2D eigenvalue weighted by atomic mass is 16.6. The van der Waals surface area contributed by atoms with Crippen LogP contribution in [-0.2, 0) is 4.79 Å². The normalized spacial score (nSPS) is 10.3. The van der Waals surface area contributed by atoms with E-state index in [1.165, 1.54) is 12.1 Å². The molecule has 0 amide bonds. The van der Waals surface area contributed by atoms with Gasteiger partial charge in [0.1, 0.15) is 5.58 Å². The number of ether oxygens (including phenoxy) is 2. The van der Waals surface area contributed by atoms with E-state index in [2.05, 4.69) is 6.58 Å². The molecule has 0 saturated heterocycles. The van der Waals surface area contributed by atoms with Crippen molar-refractivity contribution < 1.29 is 18.7 Å². The highest BCUT2D eigenvalue weighted by molar-refractivity contribution is 5.90. The zero-order valence-corrected chi connectivity index (χ0v) is 11.3. The van der Waals surface area contributed by atoms with Gasteiger partial charge in [0, 0.05) is 23.1 Å². The molecule has 0 spiro atoms. The van der Waals surface area contributed by atoms with Crippen molar-refractivity contribution in [3.8, 4) is 11.5 Å². The van der Waals surface area contributed by atoms with Gasteiger partial charge >= 0.3 is 11.6 Å². The quantitative estimate of drug-likeness (QED) is 0.371. The number of benzene rings is 1. The highest BCUT2D eigenvalue weighted by Gasteiger charge is 2.13. The van der Waals surface area contributed by atoms with Gasteiger partial charge in [0.2, 0.25) is 0 Å². The van der Waals surface area contributed by atoms with E-state index in [0.717, 1.165) is 0 Å². The van der Waals surface area contributed by atoms with Gasteiger partial charge in [-0.25, -0.2) is 9.59 Å². The molecule has 0 aliphatic carbocycles. The number of esters is 1. The zero-order valence-electron chi connectivity index (χ0n) is 11.3. The number of rotatable bonds is 4. The summed E-state index contributed by atoms with van der Waals surface area (Å²) >= 11 is 0. The van der Waals surface area contributed by atoms with Gasteiger partial charge in [-0.1, -0.05) is 6.58 Å². The lowest BCUT2D eigenvalue weighted by Crippen LogP contribution is -2.09. The molecule has 0 unspecified atom stereocenters. The van der Waals surface area contributed by atoms with E-state index < -0.39 is 11.6 Å². The fourth-order valence-corrected chi connectivity index (χ4v) is 1.61. The van der Waals surface area contributed by atoms with Gasteiger partial charge in [-0.05, 0) is 26.0 Å². The number of carbonyl (C=O) groups excluding carboxylic acids is 1. The molecule has 0 aliphatic heterocycles. The molecule has 1 aromatic carbocycles. The topological polar surface area (TPSA) is 65.7 Å². The van der Waals surface area contributed by atoms with Crippen molar-refractivity contribution in [2.24, 2.45) is 0 Å². The molecule has 20 heavy (non-hydrogen) atoms. The maximum Gasteiger partial charge on any atom is 0.338 e. The second kappa shape index (κ2) is 5.61. The molecule has 5 nitrogen and oxygen atoms in total. The van der Waals surface area contributed by atoms with Crippen LogP contribution in [0.15, 0.2) is 45.6 Å².